The Morgan fingerprint density at radius 2 is 2.32 bits per heavy atom. The van der Waals surface area contributed by atoms with E-state index in [1.807, 2.05) is 12.3 Å². The Balaban J connectivity index is 1.61. The molecule has 1 saturated carbocycles. The average Bonchev–Trinajstić information content (AvgIpc) is 3.13. The molecule has 2 aromatic heterocycles. The lowest BCUT2D eigenvalue weighted by Crippen LogP contribution is -2.14. The Bertz CT molecular complexity index is 630. The molecule has 0 amide bonds. The van der Waals surface area contributed by atoms with Crippen LogP contribution in [0.5, 0.6) is 0 Å². The average molecular weight is 276 g/mol. The molecule has 2 aromatic rings. The van der Waals surface area contributed by atoms with Crippen molar-refractivity contribution in [2.45, 2.75) is 32.1 Å². The van der Waals surface area contributed by atoms with Crippen molar-refractivity contribution in [3.63, 3.8) is 0 Å². The van der Waals surface area contributed by atoms with E-state index in [1.54, 1.807) is 11.3 Å². The van der Waals surface area contributed by atoms with Crippen LogP contribution in [0.4, 0.5) is 5.82 Å². The van der Waals surface area contributed by atoms with Crippen LogP contribution in [0.2, 0.25) is 0 Å². The van der Waals surface area contributed by atoms with Gasteiger partial charge >= 0.3 is 0 Å². The van der Waals surface area contributed by atoms with E-state index < -0.39 is 0 Å². The van der Waals surface area contributed by atoms with Crippen molar-refractivity contribution in [1.29, 1.82) is 0 Å². The Hall–Kier alpha value is -1.69. The molecular formula is C13H16N4OS. The molecule has 0 bridgehead atoms. The molecule has 1 aliphatic rings. The summed E-state index contributed by atoms with van der Waals surface area (Å²) in [6.45, 7) is 2.74. The number of rotatable bonds is 5. The molecule has 0 spiro atoms. The van der Waals surface area contributed by atoms with Crippen LogP contribution in [0.15, 0.2) is 16.2 Å². The number of aryl methyl sites for hydroxylation is 1. The van der Waals surface area contributed by atoms with Crippen LogP contribution < -0.4 is 10.9 Å². The van der Waals surface area contributed by atoms with E-state index in [4.69, 9.17) is 0 Å². The highest BCUT2D eigenvalue weighted by Gasteiger charge is 2.26. The van der Waals surface area contributed by atoms with Crippen LogP contribution in [0.1, 0.15) is 35.3 Å². The van der Waals surface area contributed by atoms with Crippen molar-refractivity contribution in [3.8, 4) is 0 Å². The maximum absolute atomic E-state index is 11.5. The van der Waals surface area contributed by atoms with Gasteiger partial charge in [-0.05, 0) is 19.8 Å². The van der Waals surface area contributed by atoms with Crippen molar-refractivity contribution >= 4 is 17.2 Å². The Labute approximate surface area is 115 Å². The Morgan fingerprint density at radius 1 is 1.47 bits per heavy atom. The van der Waals surface area contributed by atoms with Gasteiger partial charge < -0.3 is 10.3 Å². The molecule has 19 heavy (non-hydrogen) atoms. The number of thiazole rings is 1. The second kappa shape index (κ2) is 5.13. The van der Waals surface area contributed by atoms with Crippen molar-refractivity contribution in [3.05, 3.63) is 38.3 Å². The summed E-state index contributed by atoms with van der Waals surface area (Å²) >= 11 is 1.67. The van der Waals surface area contributed by atoms with Gasteiger partial charge in [0.1, 0.15) is 11.6 Å². The van der Waals surface area contributed by atoms with Crippen molar-refractivity contribution in [1.82, 2.24) is 15.0 Å². The first kappa shape index (κ1) is 12.3. The highest BCUT2D eigenvalue weighted by atomic mass is 32.1. The fraction of sp³-hybridized carbons (Fsp3) is 0.462. The maximum Gasteiger partial charge on any atom is 0.252 e. The molecule has 3 rings (SSSR count). The minimum absolute atomic E-state index is 0.0792. The van der Waals surface area contributed by atoms with Crippen molar-refractivity contribution < 1.29 is 0 Å². The quantitative estimate of drug-likeness (QED) is 0.877. The number of H-pyrrole nitrogens is 1. The molecule has 0 radical (unpaired) electrons. The summed E-state index contributed by atoms with van der Waals surface area (Å²) < 4.78 is 0. The van der Waals surface area contributed by atoms with Crippen molar-refractivity contribution in [2.24, 2.45) is 0 Å². The molecule has 2 heterocycles. The molecule has 6 heteroatoms. The van der Waals surface area contributed by atoms with Gasteiger partial charge in [0, 0.05) is 36.0 Å². The van der Waals surface area contributed by atoms with Gasteiger partial charge in [-0.2, -0.15) is 0 Å². The zero-order valence-corrected chi connectivity index (χ0v) is 11.6. The summed E-state index contributed by atoms with van der Waals surface area (Å²) in [6.07, 6.45) is 3.11. The minimum Gasteiger partial charge on any atom is -0.369 e. The van der Waals surface area contributed by atoms with Crippen LogP contribution in [-0.4, -0.2) is 21.5 Å². The van der Waals surface area contributed by atoms with Crippen LogP contribution in [-0.2, 0) is 6.42 Å². The molecular weight excluding hydrogens is 260 g/mol. The van der Waals surface area contributed by atoms with Gasteiger partial charge in [0.2, 0.25) is 0 Å². The molecule has 0 saturated heterocycles. The van der Waals surface area contributed by atoms with Gasteiger partial charge in [-0.25, -0.2) is 9.97 Å². The second-order valence-corrected chi connectivity index (χ2v) is 5.79. The van der Waals surface area contributed by atoms with Crippen LogP contribution >= 0.6 is 11.3 Å². The lowest BCUT2D eigenvalue weighted by molar-refractivity contribution is 0.897. The molecule has 0 unspecified atom stereocenters. The van der Waals surface area contributed by atoms with E-state index in [0.717, 1.165) is 42.3 Å². The number of hydrogen-bond donors (Lipinski definition) is 2. The topological polar surface area (TPSA) is 70.7 Å². The first-order valence-corrected chi connectivity index (χ1v) is 7.35. The molecule has 0 aliphatic heterocycles. The molecule has 2 N–H and O–H groups in total. The first-order valence-electron chi connectivity index (χ1n) is 6.47. The van der Waals surface area contributed by atoms with Crippen molar-refractivity contribution in [2.75, 3.05) is 11.9 Å². The summed E-state index contributed by atoms with van der Waals surface area (Å²) in [5.74, 6) is 1.94. The van der Waals surface area contributed by atoms with Crippen LogP contribution in [0, 0.1) is 6.92 Å². The molecule has 5 nitrogen and oxygen atoms in total. The number of aromatic nitrogens is 3. The maximum atomic E-state index is 11.5. The predicted molar refractivity (Wildman–Crippen MR) is 75.9 cm³/mol. The standard InChI is InChI=1S/C13H16N4OS/c1-8-7-19-12(15-8)4-5-14-10-6-11(18)17-13(16-10)9-2-3-9/h6-7,9H,2-5H2,1H3,(H2,14,16,17,18). The highest BCUT2D eigenvalue weighted by molar-refractivity contribution is 7.09. The van der Waals surface area contributed by atoms with E-state index >= 15 is 0 Å². The fourth-order valence-electron chi connectivity index (χ4n) is 1.93. The largest absolute Gasteiger partial charge is 0.369 e. The lowest BCUT2D eigenvalue weighted by atomic mass is 10.4. The van der Waals surface area contributed by atoms with Gasteiger partial charge in [0.25, 0.3) is 5.56 Å². The summed E-state index contributed by atoms with van der Waals surface area (Å²) in [6, 6.07) is 1.51. The normalized spacial score (nSPS) is 14.6. The third kappa shape index (κ3) is 3.20. The molecule has 0 atom stereocenters. The number of anilines is 1. The fourth-order valence-corrected chi connectivity index (χ4v) is 2.71. The van der Waals surface area contributed by atoms with Gasteiger partial charge in [-0.3, -0.25) is 4.79 Å². The Morgan fingerprint density at radius 3 is 3.00 bits per heavy atom. The predicted octanol–water partition coefficient (Wildman–Crippen LogP) is 2.07. The number of nitrogens with one attached hydrogen (secondary N) is 2. The minimum atomic E-state index is -0.0792. The molecule has 100 valence electrons. The van der Waals surface area contributed by atoms with E-state index in [9.17, 15) is 4.79 Å². The number of hydrogen-bond acceptors (Lipinski definition) is 5. The van der Waals surface area contributed by atoms with E-state index in [0.29, 0.717) is 11.7 Å². The van der Waals surface area contributed by atoms with E-state index in [-0.39, 0.29) is 5.56 Å². The lowest BCUT2D eigenvalue weighted by Gasteiger charge is -2.05. The van der Waals surface area contributed by atoms with E-state index in [1.165, 1.54) is 6.07 Å². The van der Waals surface area contributed by atoms with Gasteiger partial charge in [-0.15, -0.1) is 11.3 Å². The van der Waals surface area contributed by atoms with Gasteiger partial charge in [0.05, 0.1) is 5.01 Å². The zero-order chi connectivity index (χ0) is 13.2. The summed E-state index contributed by atoms with van der Waals surface area (Å²) in [5.41, 5.74) is 0.981. The highest BCUT2D eigenvalue weighted by Crippen LogP contribution is 2.37. The van der Waals surface area contributed by atoms with Crippen LogP contribution in [0.25, 0.3) is 0 Å². The molecule has 1 fully saturated rings. The van der Waals surface area contributed by atoms with Gasteiger partial charge in [-0.1, -0.05) is 0 Å². The molecule has 1 aliphatic carbocycles. The van der Waals surface area contributed by atoms with E-state index in [2.05, 4.69) is 20.3 Å². The second-order valence-electron chi connectivity index (χ2n) is 4.85. The smallest absolute Gasteiger partial charge is 0.252 e. The number of aromatic amines is 1. The third-order valence-electron chi connectivity index (χ3n) is 3.04. The van der Waals surface area contributed by atoms with Crippen LogP contribution in [0.3, 0.4) is 0 Å². The van der Waals surface area contributed by atoms with Gasteiger partial charge in [0.15, 0.2) is 0 Å². The SMILES string of the molecule is Cc1csc(CCNc2cc(=O)[nH]c(C3CC3)n2)n1. The Kier molecular flexibility index (Phi) is 3.33. The molecule has 0 aromatic carbocycles. The first-order chi connectivity index (χ1) is 9.20. The number of nitrogens with zero attached hydrogens (tertiary/aromatic N) is 2. The summed E-state index contributed by atoms with van der Waals surface area (Å²) in [4.78, 5) is 23.2. The third-order valence-corrected chi connectivity index (χ3v) is 4.06. The summed E-state index contributed by atoms with van der Waals surface area (Å²) in [5, 5.41) is 6.36. The summed E-state index contributed by atoms with van der Waals surface area (Å²) in [7, 11) is 0. The monoisotopic (exact) mass is 276 g/mol. The zero-order valence-electron chi connectivity index (χ0n) is 10.8.